The van der Waals surface area contributed by atoms with Crippen molar-refractivity contribution in [1.82, 2.24) is 9.55 Å². The van der Waals surface area contributed by atoms with Crippen molar-refractivity contribution in [2.45, 2.75) is 24.9 Å². The van der Waals surface area contributed by atoms with Crippen LogP contribution < -0.4 is 11.2 Å². The van der Waals surface area contributed by atoms with Crippen molar-refractivity contribution in [3.05, 3.63) is 105 Å². The summed E-state index contributed by atoms with van der Waals surface area (Å²) in [4.78, 5) is 27.3. The summed E-state index contributed by atoms with van der Waals surface area (Å²) in [5.41, 5.74) is -0.391. The third-order valence-corrected chi connectivity index (χ3v) is 7.52. The minimum Gasteiger partial charge on any atom is -0.394 e. The van der Waals surface area contributed by atoms with E-state index >= 15 is 0 Å². The van der Waals surface area contributed by atoms with Crippen LogP contribution in [0.4, 0.5) is 0 Å². The van der Waals surface area contributed by atoms with E-state index in [0.717, 1.165) is 27.1 Å². The van der Waals surface area contributed by atoms with Crippen LogP contribution in [0.3, 0.4) is 0 Å². The van der Waals surface area contributed by atoms with Gasteiger partial charge in [-0.2, -0.15) is 0 Å². The molecule has 0 unspecified atom stereocenters. The molecule has 1 aromatic heterocycles. The van der Waals surface area contributed by atoms with Crippen molar-refractivity contribution in [3.8, 4) is 11.8 Å². The Kier molecular flexibility index (Phi) is 5.10. The van der Waals surface area contributed by atoms with E-state index in [1.165, 1.54) is 32.3 Å². The smallest absolute Gasteiger partial charge is 0.330 e. The maximum atomic E-state index is 12.6. The first-order valence-corrected chi connectivity index (χ1v) is 12.4. The molecule has 1 aliphatic heterocycles. The highest BCUT2D eigenvalue weighted by Crippen LogP contribution is 2.40. The van der Waals surface area contributed by atoms with E-state index in [4.69, 9.17) is 4.74 Å². The summed E-state index contributed by atoms with van der Waals surface area (Å²) in [7, 11) is 0. The number of aromatic nitrogens is 2. The lowest BCUT2D eigenvalue weighted by Crippen LogP contribution is -2.33. The fourth-order valence-corrected chi connectivity index (χ4v) is 5.73. The van der Waals surface area contributed by atoms with Crippen LogP contribution in [0.1, 0.15) is 23.8 Å². The van der Waals surface area contributed by atoms with Crippen molar-refractivity contribution in [2.75, 3.05) is 6.61 Å². The number of nitrogens with one attached hydrogen (secondary N) is 1. The van der Waals surface area contributed by atoms with Crippen molar-refractivity contribution in [1.29, 1.82) is 0 Å². The van der Waals surface area contributed by atoms with Crippen molar-refractivity contribution < 1.29 is 14.9 Å². The number of ether oxygens (including phenoxy) is 1. The quantitative estimate of drug-likeness (QED) is 0.191. The van der Waals surface area contributed by atoms with Gasteiger partial charge in [-0.1, -0.05) is 72.5 Å². The normalized spacial score (nSPS) is 19.5. The molecule has 7 heteroatoms. The number of aliphatic hydroxyl groups is 2. The van der Waals surface area contributed by atoms with Gasteiger partial charge in [0.25, 0.3) is 5.56 Å². The second kappa shape index (κ2) is 8.54. The summed E-state index contributed by atoms with van der Waals surface area (Å²) < 4.78 is 6.80. The molecule has 2 heterocycles. The molecule has 38 heavy (non-hydrogen) atoms. The number of H-pyrrole nitrogens is 1. The van der Waals surface area contributed by atoms with Gasteiger partial charge in [-0.15, -0.1) is 0 Å². The van der Waals surface area contributed by atoms with Gasteiger partial charge in [0.1, 0.15) is 17.9 Å². The Balaban J connectivity index is 1.39. The van der Waals surface area contributed by atoms with Crippen LogP contribution in [0, 0.1) is 11.8 Å². The van der Waals surface area contributed by atoms with Gasteiger partial charge in [-0.05, 0) is 49.2 Å². The monoisotopic (exact) mass is 502 g/mol. The largest absolute Gasteiger partial charge is 0.394 e. The number of aliphatic hydroxyl groups excluding tert-OH is 2. The van der Waals surface area contributed by atoms with Gasteiger partial charge in [0.15, 0.2) is 0 Å². The van der Waals surface area contributed by atoms with E-state index in [-0.39, 0.29) is 18.6 Å². The van der Waals surface area contributed by atoms with Gasteiger partial charge in [0.2, 0.25) is 0 Å². The summed E-state index contributed by atoms with van der Waals surface area (Å²) in [5, 5.41) is 28.6. The number of aromatic amines is 1. The number of rotatable bonds is 2. The number of hydrogen-bond acceptors (Lipinski definition) is 5. The molecule has 7 nitrogen and oxygen atoms in total. The molecule has 0 saturated carbocycles. The molecule has 0 amide bonds. The highest BCUT2D eigenvalue weighted by Gasteiger charge is 2.35. The Labute approximate surface area is 215 Å². The number of fused-ring (bicyclic) bond motifs is 2. The average molecular weight is 503 g/mol. The Morgan fingerprint density at radius 2 is 1.47 bits per heavy atom. The molecule has 1 saturated heterocycles. The van der Waals surface area contributed by atoms with Crippen LogP contribution >= 0.6 is 0 Å². The summed E-state index contributed by atoms with van der Waals surface area (Å²) in [6.07, 6.45) is -1.04. The van der Waals surface area contributed by atoms with Crippen molar-refractivity contribution >= 4 is 43.1 Å². The Morgan fingerprint density at radius 1 is 0.842 bits per heavy atom. The summed E-state index contributed by atoms with van der Waals surface area (Å²) in [5.74, 6) is 6.09. The molecule has 0 spiro atoms. The predicted octanol–water partition coefficient (Wildman–Crippen LogP) is 3.63. The zero-order valence-electron chi connectivity index (χ0n) is 20.1. The Bertz CT molecular complexity index is 2010. The first kappa shape index (κ1) is 22.7. The van der Waals surface area contributed by atoms with Crippen molar-refractivity contribution in [3.63, 3.8) is 0 Å². The molecule has 0 bridgehead atoms. The SMILES string of the molecule is O=c1[nH]c(=O)n([C@H]2C[C@H](O)[C@@H](CO)O2)cc1C#Cc1ccc2c3cccc4cccc(c5cccc1c52)c43. The highest BCUT2D eigenvalue weighted by atomic mass is 16.5. The fourth-order valence-electron chi connectivity index (χ4n) is 5.73. The molecule has 6 aromatic rings. The van der Waals surface area contributed by atoms with E-state index in [1.807, 2.05) is 18.2 Å². The molecular formula is C31H22N2O5. The van der Waals surface area contributed by atoms with Gasteiger partial charge < -0.3 is 14.9 Å². The van der Waals surface area contributed by atoms with Gasteiger partial charge >= 0.3 is 5.69 Å². The molecule has 3 N–H and O–H groups in total. The van der Waals surface area contributed by atoms with Crippen LogP contribution in [-0.2, 0) is 4.74 Å². The van der Waals surface area contributed by atoms with Crippen LogP contribution in [0.15, 0.2) is 82.5 Å². The fraction of sp³-hybridized carbons (Fsp3) is 0.161. The lowest BCUT2D eigenvalue weighted by atomic mass is 9.88. The van der Waals surface area contributed by atoms with Crippen LogP contribution in [0.25, 0.3) is 43.1 Å². The second-order valence-corrected chi connectivity index (χ2v) is 9.67. The zero-order chi connectivity index (χ0) is 26.0. The first-order chi connectivity index (χ1) is 18.5. The average Bonchev–Trinajstić information content (AvgIpc) is 3.31. The maximum Gasteiger partial charge on any atom is 0.330 e. The number of nitrogens with zero attached hydrogens (tertiary/aromatic N) is 1. The third-order valence-electron chi connectivity index (χ3n) is 7.52. The van der Waals surface area contributed by atoms with E-state index in [0.29, 0.717) is 0 Å². The third kappa shape index (κ3) is 3.36. The second-order valence-electron chi connectivity index (χ2n) is 9.67. The molecule has 0 radical (unpaired) electrons. The standard InChI is InChI=1S/C31H22N2O5/c34-16-26-25(35)14-27(38-26)33-15-19(30(36)32-31(33)37)11-10-17-12-13-24-22-8-2-5-18-4-1-7-21(28(18)22)23-9-3-6-20(17)29(23)24/h1-9,12-13,15,25-27,34-35H,14,16H2,(H,32,36,37)/t25-,26+,27+/m0/s1. The zero-order valence-corrected chi connectivity index (χ0v) is 20.1. The summed E-state index contributed by atoms with van der Waals surface area (Å²) in [6, 6.07) is 22.9. The van der Waals surface area contributed by atoms with E-state index in [2.05, 4.69) is 65.4 Å². The minimum atomic E-state index is -0.910. The lowest BCUT2D eigenvalue weighted by molar-refractivity contribution is -0.0459. The number of hydrogen-bond donors (Lipinski definition) is 3. The molecule has 7 rings (SSSR count). The number of benzene rings is 5. The lowest BCUT2D eigenvalue weighted by Gasteiger charge is -2.15. The molecular weight excluding hydrogens is 480 g/mol. The molecule has 186 valence electrons. The van der Waals surface area contributed by atoms with Gasteiger partial charge in [0, 0.05) is 18.2 Å². The Morgan fingerprint density at radius 3 is 2.18 bits per heavy atom. The van der Waals surface area contributed by atoms with E-state index in [1.54, 1.807) is 0 Å². The molecule has 1 aliphatic rings. The van der Waals surface area contributed by atoms with Crippen LogP contribution in [0.5, 0.6) is 0 Å². The van der Waals surface area contributed by atoms with Crippen LogP contribution in [0.2, 0.25) is 0 Å². The molecule has 0 aliphatic carbocycles. The van der Waals surface area contributed by atoms with Gasteiger partial charge in [-0.3, -0.25) is 14.3 Å². The van der Waals surface area contributed by atoms with Crippen LogP contribution in [-0.4, -0.2) is 38.6 Å². The first-order valence-electron chi connectivity index (χ1n) is 12.4. The summed E-state index contributed by atoms with van der Waals surface area (Å²) in [6.45, 7) is -0.369. The molecule has 5 aromatic carbocycles. The summed E-state index contributed by atoms with van der Waals surface area (Å²) >= 11 is 0. The topological polar surface area (TPSA) is 105 Å². The van der Waals surface area contributed by atoms with Gasteiger partial charge in [-0.25, -0.2) is 4.79 Å². The maximum absolute atomic E-state index is 12.6. The predicted molar refractivity (Wildman–Crippen MR) is 147 cm³/mol. The highest BCUT2D eigenvalue weighted by molar-refractivity contribution is 6.33. The minimum absolute atomic E-state index is 0.103. The Hall–Kier alpha value is -4.48. The molecule has 1 fully saturated rings. The van der Waals surface area contributed by atoms with Crippen molar-refractivity contribution in [2.24, 2.45) is 0 Å². The van der Waals surface area contributed by atoms with E-state index in [9.17, 15) is 19.8 Å². The van der Waals surface area contributed by atoms with E-state index < -0.39 is 29.7 Å². The molecule has 3 atom stereocenters. The van der Waals surface area contributed by atoms with Gasteiger partial charge in [0.05, 0.1) is 12.7 Å².